The van der Waals surface area contributed by atoms with Gasteiger partial charge in [-0.05, 0) is 47.7 Å². The second-order valence-corrected chi connectivity index (χ2v) is 6.70. The lowest BCUT2D eigenvalue weighted by atomic mass is 10.00. The van der Waals surface area contributed by atoms with Gasteiger partial charge in [-0.25, -0.2) is 4.79 Å². The maximum atomic E-state index is 12.2. The lowest BCUT2D eigenvalue weighted by molar-refractivity contribution is 0.0595. The van der Waals surface area contributed by atoms with E-state index in [0.29, 0.717) is 17.9 Å². The first-order valence-electron chi connectivity index (χ1n) is 9.20. The second-order valence-electron chi connectivity index (χ2n) is 6.70. The zero-order valence-electron chi connectivity index (χ0n) is 16.3. The maximum absolute atomic E-state index is 12.2. The number of hydrogen-bond donors (Lipinski definition) is 0. The van der Waals surface area contributed by atoms with Crippen LogP contribution in [-0.2, 0) is 17.8 Å². The van der Waals surface area contributed by atoms with E-state index >= 15 is 0 Å². The second kappa shape index (κ2) is 9.05. The summed E-state index contributed by atoms with van der Waals surface area (Å²) in [5.41, 5.74) is 5.71. The lowest BCUT2D eigenvalue weighted by Crippen LogP contribution is -2.07. The zero-order valence-corrected chi connectivity index (χ0v) is 16.3. The van der Waals surface area contributed by atoms with Crippen molar-refractivity contribution in [3.05, 3.63) is 107 Å². The standard InChI is InChI=1S/C25H24O3/c1-18(2)20-13-14-24(23(16-20)25(26)27-3)28-17-22-12-8-7-11-21(22)15-19-9-5-4-6-10-19/h4-14,16H,1,15,17H2,2-3H3. The van der Waals surface area contributed by atoms with Gasteiger partial charge in [-0.15, -0.1) is 0 Å². The fraction of sp³-hybridized carbons (Fsp3) is 0.160. The number of hydrogen-bond acceptors (Lipinski definition) is 3. The van der Waals surface area contributed by atoms with Crippen molar-refractivity contribution < 1.29 is 14.3 Å². The number of carbonyl (C=O) groups excluding carboxylic acids is 1. The maximum Gasteiger partial charge on any atom is 0.341 e. The molecule has 28 heavy (non-hydrogen) atoms. The molecule has 3 rings (SSSR count). The minimum absolute atomic E-state index is 0.374. The molecule has 0 amide bonds. The molecule has 0 atom stereocenters. The fourth-order valence-corrected chi connectivity index (χ4v) is 3.03. The summed E-state index contributed by atoms with van der Waals surface area (Å²) in [6.07, 6.45) is 0.832. The van der Waals surface area contributed by atoms with Gasteiger partial charge in [-0.3, -0.25) is 0 Å². The molecule has 0 aliphatic rings. The van der Waals surface area contributed by atoms with Gasteiger partial charge >= 0.3 is 5.97 Å². The average molecular weight is 372 g/mol. The molecular weight excluding hydrogens is 348 g/mol. The number of esters is 1. The summed E-state index contributed by atoms with van der Waals surface area (Å²) < 4.78 is 10.9. The number of benzene rings is 3. The molecule has 0 fully saturated rings. The molecule has 0 unspecified atom stereocenters. The van der Waals surface area contributed by atoms with Gasteiger partial charge in [0.25, 0.3) is 0 Å². The van der Waals surface area contributed by atoms with Crippen LogP contribution in [0.25, 0.3) is 5.57 Å². The Morgan fingerprint density at radius 2 is 1.61 bits per heavy atom. The first-order valence-corrected chi connectivity index (χ1v) is 9.20. The summed E-state index contributed by atoms with van der Waals surface area (Å²) >= 11 is 0. The van der Waals surface area contributed by atoms with Crippen LogP contribution in [0.4, 0.5) is 0 Å². The van der Waals surface area contributed by atoms with Crippen LogP contribution >= 0.6 is 0 Å². The van der Waals surface area contributed by atoms with E-state index in [1.165, 1.54) is 18.2 Å². The average Bonchev–Trinajstić information content (AvgIpc) is 2.73. The minimum atomic E-state index is -0.421. The van der Waals surface area contributed by atoms with E-state index in [1.54, 1.807) is 12.1 Å². The number of rotatable bonds is 7. The van der Waals surface area contributed by atoms with Crippen molar-refractivity contribution in [1.29, 1.82) is 0 Å². The normalized spacial score (nSPS) is 10.4. The van der Waals surface area contributed by atoms with Gasteiger partial charge in [0.05, 0.1) is 7.11 Å². The van der Waals surface area contributed by atoms with Gasteiger partial charge in [0.15, 0.2) is 0 Å². The summed E-state index contributed by atoms with van der Waals surface area (Å²) in [6.45, 7) is 6.21. The van der Waals surface area contributed by atoms with Crippen molar-refractivity contribution in [3.8, 4) is 5.75 Å². The van der Waals surface area contributed by atoms with E-state index < -0.39 is 5.97 Å². The van der Waals surface area contributed by atoms with Crippen LogP contribution in [0.15, 0.2) is 79.4 Å². The van der Waals surface area contributed by atoms with Crippen molar-refractivity contribution in [1.82, 2.24) is 0 Å². The van der Waals surface area contributed by atoms with Crippen molar-refractivity contribution >= 4 is 11.5 Å². The van der Waals surface area contributed by atoms with E-state index in [2.05, 4.69) is 30.8 Å². The monoisotopic (exact) mass is 372 g/mol. The molecule has 0 aliphatic carbocycles. The summed E-state index contributed by atoms with van der Waals surface area (Å²) in [5, 5.41) is 0. The Labute approximate surface area is 166 Å². The molecule has 0 saturated heterocycles. The summed E-state index contributed by atoms with van der Waals surface area (Å²) in [6, 6.07) is 24.0. The van der Waals surface area contributed by atoms with Crippen LogP contribution in [0.5, 0.6) is 5.75 Å². The summed E-state index contributed by atoms with van der Waals surface area (Å²) in [5.74, 6) is 0.0852. The highest BCUT2D eigenvalue weighted by molar-refractivity contribution is 5.93. The highest BCUT2D eigenvalue weighted by Gasteiger charge is 2.15. The Balaban J connectivity index is 1.83. The lowest BCUT2D eigenvalue weighted by Gasteiger charge is -2.14. The fourth-order valence-electron chi connectivity index (χ4n) is 3.03. The Kier molecular flexibility index (Phi) is 6.28. The largest absolute Gasteiger partial charge is 0.488 e. The highest BCUT2D eigenvalue weighted by Crippen LogP contribution is 2.26. The smallest absolute Gasteiger partial charge is 0.341 e. The van der Waals surface area contributed by atoms with Crippen LogP contribution in [0.3, 0.4) is 0 Å². The molecule has 0 spiro atoms. The molecular formula is C25H24O3. The zero-order chi connectivity index (χ0) is 19.9. The van der Waals surface area contributed by atoms with Crippen LogP contribution in [0.2, 0.25) is 0 Å². The third-order valence-corrected chi connectivity index (χ3v) is 4.62. The molecule has 3 aromatic carbocycles. The highest BCUT2D eigenvalue weighted by atomic mass is 16.5. The predicted octanol–water partition coefficient (Wildman–Crippen LogP) is 5.68. The number of allylic oxidation sites excluding steroid dienone is 1. The van der Waals surface area contributed by atoms with Crippen molar-refractivity contribution in [2.45, 2.75) is 20.0 Å². The predicted molar refractivity (Wildman–Crippen MR) is 113 cm³/mol. The van der Waals surface area contributed by atoms with Gasteiger partial charge in [-0.2, -0.15) is 0 Å². The Bertz CT molecular complexity index is 974. The number of methoxy groups -OCH3 is 1. The molecule has 0 saturated carbocycles. The van der Waals surface area contributed by atoms with Gasteiger partial charge in [0, 0.05) is 0 Å². The van der Waals surface area contributed by atoms with Crippen molar-refractivity contribution in [2.75, 3.05) is 7.11 Å². The van der Waals surface area contributed by atoms with E-state index in [1.807, 2.05) is 43.3 Å². The summed E-state index contributed by atoms with van der Waals surface area (Å²) in [4.78, 5) is 12.2. The Hall–Kier alpha value is -3.33. The van der Waals surface area contributed by atoms with Gasteiger partial charge in [0.2, 0.25) is 0 Å². The van der Waals surface area contributed by atoms with Crippen molar-refractivity contribution in [3.63, 3.8) is 0 Å². The van der Waals surface area contributed by atoms with Crippen LogP contribution in [0, 0.1) is 0 Å². The van der Waals surface area contributed by atoms with Crippen LogP contribution in [-0.4, -0.2) is 13.1 Å². The van der Waals surface area contributed by atoms with Crippen molar-refractivity contribution in [2.24, 2.45) is 0 Å². The van der Waals surface area contributed by atoms with Gasteiger partial charge in [0.1, 0.15) is 17.9 Å². The molecule has 0 aromatic heterocycles. The van der Waals surface area contributed by atoms with Gasteiger partial charge in [-0.1, -0.05) is 72.8 Å². The molecule has 0 bridgehead atoms. The topological polar surface area (TPSA) is 35.5 Å². The number of ether oxygens (including phenoxy) is 2. The molecule has 0 aliphatic heterocycles. The molecule has 3 nitrogen and oxygen atoms in total. The van der Waals surface area contributed by atoms with E-state index in [-0.39, 0.29) is 0 Å². The third-order valence-electron chi connectivity index (χ3n) is 4.62. The molecule has 0 N–H and O–H groups in total. The summed E-state index contributed by atoms with van der Waals surface area (Å²) in [7, 11) is 1.37. The quantitative estimate of drug-likeness (QED) is 0.501. The molecule has 142 valence electrons. The SMILES string of the molecule is C=C(C)c1ccc(OCc2ccccc2Cc2ccccc2)c(C(=O)OC)c1. The Morgan fingerprint density at radius 3 is 2.29 bits per heavy atom. The first kappa shape index (κ1) is 19.4. The van der Waals surface area contributed by atoms with Crippen LogP contribution in [0.1, 0.15) is 39.5 Å². The molecule has 3 aromatic rings. The van der Waals surface area contributed by atoms with Gasteiger partial charge < -0.3 is 9.47 Å². The Morgan fingerprint density at radius 1 is 0.929 bits per heavy atom. The van der Waals surface area contributed by atoms with E-state index in [9.17, 15) is 4.79 Å². The number of carbonyl (C=O) groups is 1. The molecule has 3 heteroatoms. The molecule has 0 radical (unpaired) electrons. The van der Waals surface area contributed by atoms with Crippen LogP contribution < -0.4 is 4.74 Å². The van der Waals surface area contributed by atoms with E-state index in [4.69, 9.17) is 9.47 Å². The molecule has 0 heterocycles. The van der Waals surface area contributed by atoms with E-state index in [0.717, 1.165) is 23.1 Å². The first-order chi connectivity index (χ1) is 13.6. The third kappa shape index (κ3) is 4.68. The minimum Gasteiger partial charge on any atom is -0.488 e.